The van der Waals surface area contributed by atoms with Crippen molar-refractivity contribution in [3.63, 3.8) is 0 Å². The number of rotatable bonds is 6. The maximum atomic E-state index is 13.6. The smallest absolute Gasteiger partial charge is 0.269 e. The van der Waals surface area contributed by atoms with Gasteiger partial charge in [0.2, 0.25) is 5.95 Å². The maximum Gasteiger partial charge on any atom is 0.269 e. The third kappa shape index (κ3) is 4.13. The number of carbonyl (C=O) groups is 1. The van der Waals surface area contributed by atoms with Crippen LogP contribution in [0.5, 0.6) is 5.75 Å². The van der Waals surface area contributed by atoms with Gasteiger partial charge >= 0.3 is 0 Å². The molecule has 11 nitrogen and oxygen atoms in total. The number of carbonyl (C=O) groups excluding carboxylic acids is 1. The van der Waals surface area contributed by atoms with Crippen LogP contribution in [-0.2, 0) is 4.79 Å². The first-order chi connectivity index (χ1) is 17.5. The SMILES string of the molecule is COc1ccccc1NC(=O)C1=C(C)Nc2nc(-c3ccc([N+](=O)[O-])cc3)nn2C1c1cccnc1. The number of para-hydroxylation sites is 2. The van der Waals surface area contributed by atoms with Gasteiger partial charge in [0.05, 0.1) is 23.3 Å². The summed E-state index contributed by atoms with van der Waals surface area (Å²) in [5.74, 6) is 0.994. The molecule has 1 aliphatic rings. The maximum absolute atomic E-state index is 13.6. The molecule has 1 unspecified atom stereocenters. The van der Waals surface area contributed by atoms with Crippen molar-refractivity contribution in [2.45, 2.75) is 13.0 Å². The van der Waals surface area contributed by atoms with E-state index < -0.39 is 11.0 Å². The quantitative estimate of drug-likeness (QED) is 0.308. The molecule has 2 aromatic heterocycles. The van der Waals surface area contributed by atoms with E-state index in [1.54, 1.807) is 54.3 Å². The van der Waals surface area contributed by atoms with Crippen molar-refractivity contribution in [1.29, 1.82) is 0 Å². The van der Waals surface area contributed by atoms with E-state index in [0.29, 0.717) is 40.0 Å². The second kappa shape index (κ2) is 9.29. The van der Waals surface area contributed by atoms with Gasteiger partial charge in [-0.05, 0) is 42.8 Å². The highest BCUT2D eigenvalue weighted by atomic mass is 16.6. The van der Waals surface area contributed by atoms with Crippen molar-refractivity contribution in [1.82, 2.24) is 19.7 Å². The van der Waals surface area contributed by atoms with Crippen LogP contribution in [0.15, 0.2) is 84.3 Å². The van der Waals surface area contributed by atoms with Crippen LogP contribution in [0.1, 0.15) is 18.5 Å². The summed E-state index contributed by atoms with van der Waals surface area (Å²) in [5, 5.41) is 21.8. The molecule has 0 saturated heterocycles. The lowest BCUT2D eigenvalue weighted by atomic mass is 9.96. The molecular weight excluding hydrogens is 462 g/mol. The zero-order chi connectivity index (χ0) is 25.2. The monoisotopic (exact) mass is 483 g/mol. The van der Waals surface area contributed by atoms with Gasteiger partial charge in [-0.15, -0.1) is 5.10 Å². The lowest BCUT2D eigenvalue weighted by Crippen LogP contribution is -2.31. The van der Waals surface area contributed by atoms with Crippen molar-refractivity contribution in [3.05, 3.63) is 100 Å². The fourth-order valence-corrected chi connectivity index (χ4v) is 4.08. The molecule has 2 aromatic carbocycles. The molecule has 4 aromatic rings. The highest BCUT2D eigenvalue weighted by molar-refractivity contribution is 6.06. The number of amides is 1. The fraction of sp³-hybridized carbons (Fsp3) is 0.120. The largest absolute Gasteiger partial charge is 0.495 e. The number of anilines is 2. The van der Waals surface area contributed by atoms with Crippen molar-refractivity contribution < 1.29 is 14.5 Å². The number of nitro benzene ring substituents is 1. The second-order valence-corrected chi connectivity index (χ2v) is 8.01. The average Bonchev–Trinajstić information content (AvgIpc) is 3.32. The van der Waals surface area contributed by atoms with Crippen molar-refractivity contribution in [2.24, 2.45) is 0 Å². The van der Waals surface area contributed by atoms with Crippen LogP contribution in [-0.4, -0.2) is 37.7 Å². The molecule has 0 aliphatic carbocycles. The first-order valence-corrected chi connectivity index (χ1v) is 11.0. The Morgan fingerprint density at radius 2 is 1.92 bits per heavy atom. The number of hydrogen-bond donors (Lipinski definition) is 2. The van der Waals surface area contributed by atoms with Gasteiger partial charge in [-0.25, -0.2) is 4.68 Å². The summed E-state index contributed by atoms with van der Waals surface area (Å²) in [4.78, 5) is 33.0. The van der Waals surface area contributed by atoms with Gasteiger partial charge in [0.25, 0.3) is 11.6 Å². The molecule has 0 spiro atoms. The van der Waals surface area contributed by atoms with Gasteiger partial charge < -0.3 is 15.4 Å². The second-order valence-electron chi connectivity index (χ2n) is 8.01. The molecule has 36 heavy (non-hydrogen) atoms. The summed E-state index contributed by atoms with van der Waals surface area (Å²) in [6.07, 6.45) is 3.33. The highest BCUT2D eigenvalue weighted by Crippen LogP contribution is 2.37. The van der Waals surface area contributed by atoms with E-state index in [-0.39, 0.29) is 11.6 Å². The number of ether oxygens (including phenoxy) is 1. The fourth-order valence-electron chi connectivity index (χ4n) is 4.08. The number of methoxy groups -OCH3 is 1. The van der Waals surface area contributed by atoms with Gasteiger partial charge in [-0.2, -0.15) is 4.98 Å². The normalized spacial score (nSPS) is 14.6. The Morgan fingerprint density at radius 1 is 1.14 bits per heavy atom. The Bertz CT molecular complexity index is 1480. The molecule has 1 atom stereocenters. The van der Waals surface area contributed by atoms with Crippen LogP contribution < -0.4 is 15.4 Å². The number of aromatic nitrogens is 4. The molecule has 0 saturated carbocycles. The van der Waals surface area contributed by atoms with Gasteiger partial charge in [0.15, 0.2) is 5.82 Å². The molecule has 0 bridgehead atoms. The minimum atomic E-state index is -0.621. The number of fused-ring (bicyclic) bond motifs is 1. The molecule has 5 rings (SSSR count). The summed E-state index contributed by atoms with van der Waals surface area (Å²) in [6.45, 7) is 1.80. The predicted molar refractivity (Wildman–Crippen MR) is 132 cm³/mol. The minimum absolute atomic E-state index is 0.0260. The lowest BCUT2D eigenvalue weighted by molar-refractivity contribution is -0.384. The lowest BCUT2D eigenvalue weighted by Gasteiger charge is -2.28. The van der Waals surface area contributed by atoms with E-state index >= 15 is 0 Å². The number of nitro groups is 1. The minimum Gasteiger partial charge on any atom is -0.495 e. The van der Waals surface area contributed by atoms with Crippen LogP contribution in [0.2, 0.25) is 0 Å². The van der Waals surface area contributed by atoms with E-state index in [2.05, 4.69) is 25.7 Å². The number of allylic oxidation sites excluding steroid dienone is 1. The van der Waals surface area contributed by atoms with Crippen LogP contribution in [0.4, 0.5) is 17.3 Å². The third-order valence-corrected chi connectivity index (χ3v) is 5.79. The van der Waals surface area contributed by atoms with E-state index in [0.717, 1.165) is 5.56 Å². The first kappa shape index (κ1) is 22.7. The molecule has 0 radical (unpaired) electrons. The van der Waals surface area contributed by atoms with Crippen molar-refractivity contribution in [2.75, 3.05) is 17.7 Å². The zero-order valence-corrected chi connectivity index (χ0v) is 19.4. The van der Waals surface area contributed by atoms with Crippen LogP contribution in [0, 0.1) is 10.1 Å². The van der Waals surface area contributed by atoms with Crippen LogP contribution in [0.3, 0.4) is 0 Å². The topological polar surface area (TPSA) is 137 Å². The highest BCUT2D eigenvalue weighted by Gasteiger charge is 2.35. The number of nitrogens with one attached hydrogen (secondary N) is 2. The number of non-ortho nitro benzene ring substituents is 1. The first-order valence-electron chi connectivity index (χ1n) is 11.0. The molecule has 11 heteroatoms. The summed E-state index contributed by atoms with van der Waals surface area (Å²) in [6, 6.07) is 16.2. The molecule has 1 aliphatic heterocycles. The molecule has 2 N–H and O–H groups in total. The Morgan fingerprint density at radius 3 is 2.61 bits per heavy atom. The van der Waals surface area contributed by atoms with Gasteiger partial charge in [-0.3, -0.25) is 19.9 Å². The van der Waals surface area contributed by atoms with Crippen LogP contribution >= 0.6 is 0 Å². The molecule has 180 valence electrons. The Balaban J connectivity index is 1.56. The standard InChI is InChI=1S/C25H21N7O4/c1-15-21(24(33)28-19-7-3-4-8-20(19)36-2)22(17-6-5-13-26-14-17)31-25(27-15)29-23(30-31)16-9-11-18(12-10-16)32(34)35/h3-14,22H,1-2H3,(H,28,33)(H,27,29,30). The van der Waals surface area contributed by atoms with E-state index in [9.17, 15) is 14.9 Å². The summed E-state index contributed by atoms with van der Waals surface area (Å²) in [7, 11) is 1.54. The Kier molecular flexibility index (Phi) is 5.87. The van der Waals surface area contributed by atoms with Gasteiger partial charge in [0, 0.05) is 35.8 Å². The Hall–Kier alpha value is -5.06. The van der Waals surface area contributed by atoms with Crippen molar-refractivity contribution in [3.8, 4) is 17.1 Å². The Labute approximate surface area is 205 Å². The van der Waals surface area contributed by atoms with E-state index in [1.165, 1.54) is 19.2 Å². The number of hydrogen-bond acceptors (Lipinski definition) is 8. The number of benzene rings is 2. The molecule has 1 amide bonds. The predicted octanol–water partition coefficient (Wildman–Crippen LogP) is 4.18. The molecule has 0 fully saturated rings. The number of pyridine rings is 1. The van der Waals surface area contributed by atoms with Gasteiger partial charge in [-0.1, -0.05) is 18.2 Å². The number of nitrogens with zero attached hydrogens (tertiary/aromatic N) is 5. The molecular formula is C25H21N7O4. The third-order valence-electron chi connectivity index (χ3n) is 5.79. The molecule has 3 heterocycles. The summed E-state index contributed by atoms with van der Waals surface area (Å²) >= 11 is 0. The van der Waals surface area contributed by atoms with E-state index in [4.69, 9.17) is 4.74 Å². The van der Waals surface area contributed by atoms with Crippen LogP contribution in [0.25, 0.3) is 11.4 Å². The summed E-state index contributed by atoms with van der Waals surface area (Å²) in [5.41, 5.74) is 2.89. The van der Waals surface area contributed by atoms with Gasteiger partial charge in [0.1, 0.15) is 11.8 Å². The summed E-state index contributed by atoms with van der Waals surface area (Å²) < 4.78 is 7.00. The zero-order valence-electron chi connectivity index (χ0n) is 19.4. The average molecular weight is 483 g/mol. The van der Waals surface area contributed by atoms with Crippen molar-refractivity contribution >= 4 is 23.2 Å². The van der Waals surface area contributed by atoms with E-state index in [1.807, 2.05) is 18.2 Å².